The van der Waals surface area contributed by atoms with Crippen LogP contribution in [0.2, 0.25) is 0 Å². The fraction of sp³-hybridized carbons (Fsp3) is 0.500. The number of para-hydroxylation sites is 1. The molecule has 1 unspecified atom stereocenters. The summed E-state index contributed by atoms with van der Waals surface area (Å²) in [7, 11) is 0. The van der Waals surface area contributed by atoms with Crippen LogP contribution in [-0.2, 0) is 9.63 Å². The topological polar surface area (TPSA) is 50.4 Å². The molecule has 1 aliphatic rings. The lowest BCUT2D eigenvalue weighted by Crippen LogP contribution is -2.34. The number of rotatable bonds is 3. The van der Waals surface area contributed by atoms with Gasteiger partial charge in [-0.25, -0.2) is 5.48 Å². The number of hydrogen-bond donors (Lipinski definition) is 2. The van der Waals surface area contributed by atoms with Crippen LogP contribution >= 0.6 is 0 Å². The van der Waals surface area contributed by atoms with Crippen LogP contribution in [0.5, 0.6) is 0 Å². The van der Waals surface area contributed by atoms with Gasteiger partial charge in [-0.05, 0) is 32.4 Å². The third-order valence-electron chi connectivity index (χ3n) is 2.84. The molecule has 1 aliphatic heterocycles. The summed E-state index contributed by atoms with van der Waals surface area (Å²) in [6.07, 6.45) is 0.445. The molecule has 98 valence electrons. The molecule has 2 N–H and O–H groups in total. The predicted octanol–water partition coefficient (Wildman–Crippen LogP) is 2.43. The van der Waals surface area contributed by atoms with Gasteiger partial charge in [-0.3, -0.25) is 9.63 Å². The highest BCUT2D eigenvalue weighted by Gasteiger charge is 2.24. The molecule has 4 heteroatoms. The van der Waals surface area contributed by atoms with Crippen molar-refractivity contribution in [2.24, 2.45) is 0 Å². The molecule has 1 aromatic rings. The number of anilines is 1. The highest BCUT2D eigenvalue weighted by molar-refractivity contribution is 5.77. The number of hydroxylamine groups is 1. The van der Waals surface area contributed by atoms with E-state index in [1.807, 2.05) is 39.0 Å². The monoisotopic (exact) mass is 248 g/mol. The molecule has 18 heavy (non-hydrogen) atoms. The Hall–Kier alpha value is -1.55. The van der Waals surface area contributed by atoms with Crippen LogP contribution in [0.3, 0.4) is 0 Å². The van der Waals surface area contributed by atoms with Crippen molar-refractivity contribution in [2.75, 3.05) is 11.9 Å². The first-order valence-electron chi connectivity index (χ1n) is 6.25. The number of fused-ring (bicyclic) bond motifs is 1. The van der Waals surface area contributed by atoms with Gasteiger partial charge in [0.2, 0.25) is 5.91 Å². The summed E-state index contributed by atoms with van der Waals surface area (Å²) in [5.41, 5.74) is 4.50. The molecule has 1 aromatic carbocycles. The number of carbonyl (C=O) groups is 1. The zero-order valence-corrected chi connectivity index (χ0v) is 11.1. The second-order valence-electron chi connectivity index (χ2n) is 5.61. The van der Waals surface area contributed by atoms with Crippen molar-refractivity contribution < 1.29 is 9.63 Å². The number of amides is 1. The van der Waals surface area contributed by atoms with Crippen molar-refractivity contribution >= 4 is 11.6 Å². The van der Waals surface area contributed by atoms with Gasteiger partial charge in [0.15, 0.2) is 0 Å². The third-order valence-corrected chi connectivity index (χ3v) is 2.84. The van der Waals surface area contributed by atoms with Gasteiger partial charge in [0.25, 0.3) is 0 Å². The molecular weight excluding hydrogens is 228 g/mol. The summed E-state index contributed by atoms with van der Waals surface area (Å²) in [6.45, 7) is 6.52. The van der Waals surface area contributed by atoms with Gasteiger partial charge in [-0.1, -0.05) is 18.2 Å². The van der Waals surface area contributed by atoms with Gasteiger partial charge in [0.05, 0.1) is 5.60 Å². The predicted molar refractivity (Wildman–Crippen MR) is 71.3 cm³/mol. The van der Waals surface area contributed by atoms with E-state index < -0.39 is 0 Å². The molecule has 0 saturated carbocycles. The van der Waals surface area contributed by atoms with Crippen LogP contribution in [0.15, 0.2) is 24.3 Å². The lowest BCUT2D eigenvalue weighted by Gasteiger charge is -2.19. The third kappa shape index (κ3) is 3.23. The van der Waals surface area contributed by atoms with Gasteiger partial charge in [0.1, 0.15) is 0 Å². The maximum absolute atomic E-state index is 11.8. The SMILES string of the molecule is CC(C)(C)ONC(=O)CC1CNc2ccccc21. The zero-order chi connectivity index (χ0) is 13.2. The first-order chi connectivity index (χ1) is 8.46. The largest absolute Gasteiger partial charge is 0.384 e. The number of benzene rings is 1. The van der Waals surface area contributed by atoms with Crippen molar-refractivity contribution in [2.45, 2.75) is 38.7 Å². The van der Waals surface area contributed by atoms with Crippen LogP contribution in [0.25, 0.3) is 0 Å². The summed E-state index contributed by atoms with van der Waals surface area (Å²) in [5, 5.41) is 3.31. The average molecular weight is 248 g/mol. The minimum Gasteiger partial charge on any atom is -0.384 e. The van der Waals surface area contributed by atoms with E-state index in [-0.39, 0.29) is 17.4 Å². The molecular formula is C14H20N2O2. The molecule has 0 saturated heterocycles. The van der Waals surface area contributed by atoms with Gasteiger partial charge < -0.3 is 5.32 Å². The van der Waals surface area contributed by atoms with Gasteiger partial charge in [-0.15, -0.1) is 0 Å². The van der Waals surface area contributed by atoms with E-state index in [2.05, 4.69) is 16.9 Å². The molecule has 0 radical (unpaired) electrons. The fourth-order valence-electron chi connectivity index (χ4n) is 2.01. The summed E-state index contributed by atoms with van der Waals surface area (Å²) in [5.74, 6) is 0.151. The molecule has 2 rings (SSSR count). The fourth-order valence-corrected chi connectivity index (χ4v) is 2.01. The Balaban J connectivity index is 1.90. The van der Waals surface area contributed by atoms with Crippen LogP contribution in [0.1, 0.15) is 38.7 Å². The first-order valence-corrected chi connectivity index (χ1v) is 6.25. The number of nitrogens with one attached hydrogen (secondary N) is 2. The maximum atomic E-state index is 11.8. The summed E-state index contributed by atoms with van der Waals surface area (Å²) in [6, 6.07) is 8.11. The van der Waals surface area contributed by atoms with Crippen molar-refractivity contribution in [1.29, 1.82) is 0 Å². The highest BCUT2D eigenvalue weighted by Crippen LogP contribution is 2.32. The van der Waals surface area contributed by atoms with Crippen LogP contribution in [-0.4, -0.2) is 18.1 Å². The normalized spacial score (nSPS) is 18.1. The summed E-state index contributed by atoms with van der Waals surface area (Å²) >= 11 is 0. The highest BCUT2D eigenvalue weighted by atomic mass is 16.7. The molecule has 1 amide bonds. The Morgan fingerprint density at radius 3 is 2.89 bits per heavy atom. The van der Waals surface area contributed by atoms with E-state index in [4.69, 9.17) is 4.84 Å². The Kier molecular flexibility index (Phi) is 3.57. The van der Waals surface area contributed by atoms with Gasteiger partial charge in [0, 0.05) is 24.6 Å². The summed E-state index contributed by atoms with van der Waals surface area (Å²) < 4.78 is 0. The van der Waals surface area contributed by atoms with E-state index in [1.165, 1.54) is 5.56 Å². The molecule has 0 aromatic heterocycles. The average Bonchev–Trinajstić information content (AvgIpc) is 2.70. The quantitative estimate of drug-likeness (QED) is 0.808. The van der Waals surface area contributed by atoms with E-state index >= 15 is 0 Å². The van der Waals surface area contributed by atoms with Crippen molar-refractivity contribution in [3.63, 3.8) is 0 Å². The first kappa shape index (κ1) is 12.9. The van der Waals surface area contributed by atoms with Crippen molar-refractivity contribution in [1.82, 2.24) is 5.48 Å². The molecule has 0 spiro atoms. The molecule has 0 aliphatic carbocycles. The van der Waals surface area contributed by atoms with Crippen LogP contribution < -0.4 is 10.8 Å². The lowest BCUT2D eigenvalue weighted by molar-refractivity contribution is -0.145. The van der Waals surface area contributed by atoms with Crippen LogP contribution in [0, 0.1) is 0 Å². The van der Waals surface area contributed by atoms with Crippen LogP contribution in [0.4, 0.5) is 5.69 Å². The lowest BCUT2D eigenvalue weighted by atomic mass is 9.98. The number of hydrogen-bond acceptors (Lipinski definition) is 3. The Labute approximate surface area is 108 Å². The standard InChI is InChI=1S/C14H20N2O2/c1-14(2,3)18-16-13(17)8-10-9-15-12-7-5-4-6-11(10)12/h4-7,10,15H,8-9H2,1-3H3,(H,16,17). The zero-order valence-electron chi connectivity index (χ0n) is 11.1. The Morgan fingerprint density at radius 1 is 1.44 bits per heavy atom. The minimum atomic E-state index is -0.360. The summed E-state index contributed by atoms with van der Waals surface area (Å²) in [4.78, 5) is 17.1. The van der Waals surface area contributed by atoms with Gasteiger partial charge >= 0.3 is 0 Å². The van der Waals surface area contributed by atoms with E-state index in [9.17, 15) is 4.79 Å². The van der Waals surface area contributed by atoms with Gasteiger partial charge in [-0.2, -0.15) is 0 Å². The second-order valence-corrected chi connectivity index (χ2v) is 5.61. The molecule has 4 nitrogen and oxygen atoms in total. The molecule has 1 heterocycles. The molecule has 0 fully saturated rings. The van der Waals surface area contributed by atoms with E-state index in [0.717, 1.165) is 12.2 Å². The van der Waals surface area contributed by atoms with E-state index in [1.54, 1.807) is 0 Å². The van der Waals surface area contributed by atoms with E-state index in [0.29, 0.717) is 6.42 Å². The van der Waals surface area contributed by atoms with Crippen molar-refractivity contribution in [3.8, 4) is 0 Å². The second kappa shape index (κ2) is 4.98. The maximum Gasteiger partial charge on any atom is 0.244 e. The van der Waals surface area contributed by atoms with Crippen molar-refractivity contribution in [3.05, 3.63) is 29.8 Å². The number of carbonyl (C=O) groups excluding carboxylic acids is 1. The smallest absolute Gasteiger partial charge is 0.244 e. The Bertz CT molecular complexity index is 438. The Morgan fingerprint density at radius 2 is 2.17 bits per heavy atom. The molecule has 1 atom stereocenters. The minimum absolute atomic E-state index is 0.0755. The molecule has 0 bridgehead atoms.